The van der Waals surface area contributed by atoms with Gasteiger partial charge in [0.25, 0.3) is 15.9 Å². The Morgan fingerprint density at radius 3 is 2.34 bits per heavy atom. The minimum Gasteiger partial charge on any atom is -0.350 e. The average Bonchev–Trinajstić information content (AvgIpc) is 3.30. The van der Waals surface area contributed by atoms with Gasteiger partial charge in [-0.05, 0) is 45.2 Å². The third-order valence-electron chi connectivity index (χ3n) is 5.63. The van der Waals surface area contributed by atoms with Gasteiger partial charge in [-0.25, -0.2) is 12.8 Å². The van der Waals surface area contributed by atoms with Gasteiger partial charge in [-0.15, -0.1) is 0 Å². The molecule has 0 N–H and O–H groups in total. The lowest BCUT2D eigenvalue weighted by Gasteiger charge is -2.25. The number of benzene rings is 1. The van der Waals surface area contributed by atoms with Crippen molar-refractivity contribution < 1.29 is 17.6 Å². The minimum atomic E-state index is -4.15. The molecule has 3 rings (SSSR count). The first-order valence-corrected chi connectivity index (χ1v) is 11.4. The third kappa shape index (κ3) is 3.66. The van der Waals surface area contributed by atoms with E-state index in [4.69, 9.17) is 0 Å². The van der Waals surface area contributed by atoms with Gasteiger partial charge in [0, 0.05) is 38.1 Å². The number of nitrogens with zero attached hydrogens (tertiary/aromatic N) is 3. The lowest BCUT2D eigenvalue weighted by atomic mass is 10.2. The zero-order valence-corrected chi connectivity index (χ0v) is 18.2. The van der Waals surface area contributed by atoms with Gasteiger partial charge < -0.3 is 9.47 Å². The number of sulfonamides is 1. The van der Waals surface area contributed by atoms with E-state index in [-0.39, 0.29) is 28.6 Å². The Balaban J connectivity index is 2.21. The normalized spacial score (nSPS) is 14.4. The Morgan fingerprint density at radius 1 is 1.14 bits per heavy atom. The second-order valence-electron chi connectivity index (χ2n) is 7.46. The first-order valence-electron chi connectivity index (χ1n) is 9.94. The minimum absolute atomic E-state index is 0.00479. The second-order valence-corrected chi connectivity index (χ2v) is 9.26. The number of carbonyl (C=O) groups is 1. The molecule has 1 fully saturated rings. The number of amides is 1. The number of carbonyl (C=O) groups excluding carboxylic acids is 1. The topological polar surface area (TPSA) is 62.6 Å². The van der Waals surface area contributed by atoms with E-state index >= 15 is 0 Å². The molecule has 8 heteroatoms. The monoisotopic (exact) mass is 421 g/mol. The van der Waals surface area contributed by atoms with Crippen LogP contribution in [-0.2, 0) is 17.1 Å². The third-order valence-corrected chi connectivity index (χ3v) is 7.60. The summed E-state index contributed by atoms with van der Waals surface area (Å²) in [5.41, 5.74) is 1.27. The standard InChI is InChI=1S/C21H28FN3O3S/c1-5-12-25(18-11-7-6-10-17(18)22)29(27,28)20-16(3)23(4)15(2)19(20)21(26)24-13-8-9-14-24/h6-7,10-11H,5,8-9,12-14H2,1-4H3. The summed E-state index contributed by atoms with van der Waals surface area (Å²) in [7, 11) is -2.40. The van der Waals surface area contributed by atoms with Crippen molar-refractivity contribution in [3.05, 3.63) is 47.0 Å². The number of para-hydroxylation sites is 1. The van der Waals surface area contributed by atoms with Gasteiger partial charge in [0.2, 0.25) is 0 Å². The van der Waals surface area contributed by atoms with Gasteiger partial charge in [0.05, 0.1) is 11.3 Å². The highest BCUT2D eigenvalue weighted by Crippen LogP contribution is 2.34. The molecule has 0 bridgehead atoms. The van der Waals surface area contributed by atoms with Crippen LogP contribution >= 0.6 is 0 Å². The van der Waals surface area contributed by atoms with Crippen LogP contribution in [0.15, 0.2) is 29.2 Å². The van der Waals surface area contributed by atoms with E-state index in [1.165, 1.54) is 18.2 Å². The van der Waals surface area contributed by atoms with E-state index in [9.17, 15) is 17.6 Å². The number of halogens is 1. The molecule has 0 saturated carbocycles. The SMILES string of the molecule is CCCN(c1ccccc1F)S(=O)(=O)c1c(C(=O)N2CCCC2)c(C)n(C)c1C. The maximum absolute atomic E-state index is 14.5. The highest BCUT2D eigenvalue weighted by atomic mass is 32.2. The van der Waals surface area contributed by atoms with Crippen molar-refractivity contribution in [3.63, 3.8) is 0 Å². The molecule has 1 aromatic carbocycles. The lowest BCUT2D eigenvalue weighted by molar-refractivity contribution is 0.0788. The van der Waals surface area contributed by atoms with Crippen molar-refractivity contribution in [2.24, 2.45) is 7.05 Å². The molecule has 6 nitrogen and oxygen atoms in total. The Morgan fingerprint density at radius 2 is 1.76 bits per heavy atom. The molecular weight excluding hydrogens is 393 g/mol. The highest BCUT2D eigenvalue weighted by molar-refractivity contribution is 7.93. The first-order chi connectivity index (χ1) is 13.7. The number of hydrogen-bond donors (Lipinski definition) is 0. The van der Waals surface area contributed by atoms with E-state index in [2.05, 4.69) is 0 Å². The molecule has 29 heavy (non-hydrogen) atoms. The number of rotatable bonds is 6. The molecule has 1 aliphatic heterocycles. The molecule has 0 spiro atoms. The van der Waals surface area contributed by atoms with Gasteiger partial charge in [0.15, 0.2) is 0 Å². The fourth-order valence-electron chi connectivity index (χ4n) is 3.90. The predicted molar refractivity (Wildman–Crippen MR) is 111 cm³/mol. The Kier molecular flexibility index (Phi) is 6.03. The van der Waals surface area contributed by atoms with Crippen molar-refractivity contribution in [2.45, 2.75) is 44.9 Å². The van der Waals surface area contributed by atoms with Crippen LogP contribution in [0, 0.1) is 19.7 Å². The summed E-state index contributed by atoms with van der Waals surface area (Å²) in [6.45, 7) is 6.64. The maximum atomic E-state index is 14.5. The summed E-state index contributed by atoms with van der Waals surface area (Å²) in [6, 6.07) is 5.83. The molecule has 0 atom stereocenters. The molecule has 1 aromatic heterocycles. The number of anilines is 1. The summed E-state index contributed by atoms with van der Waals surface area (Å²) in [4.78, 5) is 14.9. The smallest absolute Gasteiger partial charge is 0.267 e. The Bertz CT molecular complexity index is 1020. The van der Waals surface area contributed by atoms with Gasteiger partial charge in [-0.2, -0.15) is 0 Å². The molecule has 158 valence electrons. The van der Waals surface area contributed by atoms with Crippen LogP contribution in [0.25, 0.3) is 0 Å². The van der Waals surface area contributed by atoms with Crippen LogP contribution in [-0.4, -0.2) is 43.4 Å². The summed E-state index contributed by atoms with van der Waals surface area (Å²) in [5, 5.41) is 0. The lowest BCUT2D eigenvalue weighted by Crippen LogP contribution is -2.35. The van der Waals surface area contributed by atoms with Crippen molar-refractivity contribution in [1.82, 2.24) is 9.47 Å². The average molecular weight is 422 g/mol. The second kappa shape index (κ2) is 8.18. The molecule has 1 aliphatic rings. The summed E-state index contributed by atoms with van der Waals surface area (Å²) in [5.74, 6) is -0.880. The van der Waals surface area contributed by atoms with Crippen LogP contribution in [0.3, 0.4) is 0 Å². The van der Waals surface area contributed by atoms with E-state index in [0.29, 0.717) is 30.9 Å². The van der Waals surface area contributed by atoms with E-state index < -0.39 is 15.8 Å². The van der Waals surface area contributed by atoms with E-state index in [0.717, 1.165) is 17.1 Å². The van der Waals surface area contributed by atoms with Crippen LogP contribution in [0.2, 0.25) is 0 Å². The van der Waals surface area contributed by atoms with Crippen molar-refractivity contribution in [1.29, 1.82) is 0 Å². The van der Waals surface area contributed by atoms with Gasteiger partial charge in [0.1, 0.15) is 10.7 Å². The van der Waals surface area contributed by atoms with Crippen LogP contribution < -0.4 is 4.31 Å². The van der Waals surface area contributed by atoms with E-state index in [1.807, 2.05) is 6.92 Å². The van der Waals surface area contributed by atoms with Gasteiger partial charge in [-0.1, -0.05) is 19.1 Å². The van der Waals surface area contributed by atoms with Crippen molar-refractivity contribution >= 4 is 21.6 Å². The maximum Gasteiger partial charge on any atom is 0.267 e. The Labute approximate surface area is 172 Å². The van der Waals surface area contributed by atoms with Crippen LogP contribution in [0.1, 0.15) is 47.9 Å². The Hall–Kier alpha value is -2.35. The summed E-state index contributed by atoms with van der Waals surface area (Å²) >= 11 is 0. The molecule has 2 heterocycles. The molecule has 0 unspecified atom stereocenters. The number of hydrogen-bond acceptors (Lipinski definition) is 3. The fourth-order valence-corrected chi connectivity index (χ4v) is 5.95. The zero-order valence-electron chi connectivity index (χ0n) is 17.4. The van der Waals surface area contributed by atoms with Gasteiger partial charge >= 0.3 is 0 Å². The summed E-state index contributed by atoms with van der Waals surface area (Å²) in [6.07, 6.45) is 2.33. The number of aromatic nitrogens is 1. The molecule has 2 aromatic rings. The van der Waals surface area contributed by atoms with E-state index in [1.54, 1.807) is 36.4 Å². The van der Waals surface area contributed by atoms with Crippen LogP contribution in [0.5, 0.6) is 0 Å². The first kappa shape index (κ1) is 21.4. The molecule has 1 saturated heterocycles. The van der Waals surface area contributed by atoms with Crippen LogP contribution in [0.4, 0.5) is 10.1 Å². The fraction of sp³-hybridized carbons (Fsp3) is 0.476. The summed E-state index contributed by atoms with van der Waals surface area (Å²) < 4.78 is 44.9. The largest absolute Gasteiger partial charge is 0.350 e. The quantitative estimate of drug-likeness (QED) is 0.716. The zero-order chi connectivity index (χ0) is 21.3. The van der Waals surface area contributed by atoms with Crippen molar-refractivity contribution in [2.75, 3.05) is 23.9 Å². The molecular formula is C21H28FN3O3S. The predicted octanol–water partition coefficient (Wildman–Crippen LogP) is 3.62. The van der Waals surface area contributed by atoms with Crippen molar-refractivity contribution in [3.8, 4) is 0 Å². The van der Waals surface area contributed by atoms with Gasteiger partial charge in [-0.3, -0.25) is 9.10 Å². The molecule has 1 amide bonds. The highest BCUT2D eigenvalue weighted by Gasteiger charge is 2.37. The number of likely N-dealkylation sites (tertiary alicyclic amines) is 1. The molecule has 0 aliphatic carbocycles. The molecule has 0 radical (unpaired) electrons.